The molecule has 27 heavy (non-hydrogen) atoms. The molecule has 0 radical (unpaired) electrons. The van der Waals surface area contributed by atoms with Crippen LogP contribution in [-0.4, -0.2) is 47.6 Å². The molecule has 148 valence electrons. The van der Waals surface area contributed by atoms with Gasteiger partial charge in [-0.1, -0.05) is 12.1 Å². The average molecular weight is 412 g/mol. The van der Waals surface area contributed by atoms with E-state index in [1.54, 1.807) is 6.92 Å². The topological polar surface area (TPSA) is 80.8 Å². The maximum atomic E-state index is 12.9. The van der Waals surface area contributed by atoms with Gasteiger partial charge >= 0.3 is 0 Å². The number of sulfonamides is 1. The molecule has 0 saturated heterocycles. The highest BCUT2D eigenvalue weighted by Crippen LogP contribution is 2.23. The van der Waals surface area contributed by atoms with Gasteiger partial charge in [0, 0.05) is 19.8 Å². The monoisotopic (exact) mass is 411 g/mol. The van der Waals surface area contributed by atoms with E-state index in [0.29, 0.717) is 11.3 Å². The summed E-state index contributed by atoms with van der Waals surface area (Å²) in [6.45, 7) is 5.89. The second-order valence-electron chi connectivity index (χ2n) is 6.70. The molecule has 2 aromatic carbocycles. The molecule has 0 bridgehead atoms. The molecule has 8 heteroatoms. The summed E-state index contributed by atoms with van der Waals surface area (Å²) < 4.78 is 56.1. The minimum atomic E-state index is -3.83. The Balaban J connectivity index is 2.16. The van der Waals surface area contributed by atoms with Crippen molar-refractivity contribution in [2.45, 2.75) is 30.6 Å². The Morgan fingerprint density at radius 2 is 1.52 bits per heavy atom. The van der Waals surface area contributed by atoms with Gasteiger partial charge in [-0.05, 0) is 61.7 Å². The number of likely N-dealkylation sites (N-methyl/N-ethyl adjacent to an activating group) is 1. The van der Waals surface area contributed by atoms with Crippen molar-refractivity contribution >= 4 is 19.9 Å². The lowest BCUT2D eigenvalue weighted by molar-refractivity contribution is 0.286. The number of aryl methyl sites for hydroxylation is 3. The van der Waals surface area contributed by atoms with Crippen LogP contribution in [0.4, 0.5) is 0 Å². The van der Waals surface area contributed by atoms with E-state index in [2.05, 4.69) is 0 Å². The van der Waals surface area contributed by atoms with Crippen LogP contribution >= 0.6 is 0 Å². The Labute approximate surface area is 161 Å². The van der Waals surface area contributed by atoms with Crippen LogP contribution in [0, 0.1) is 20.8 Å². The van der Waals surface area contributed by atoms with Crippen LogP contribution in [0.15, 0.2) is 46.2 Å². The third kappa shape index (κ3) is 5.31. The molecule has 0 aliphatic heterocycles. The first-order chi connectivity index (χ1) is 12.4. The van der Waals surface area contributed by atoms with Gasteiger partial charge in [0.1, 0.15) is 12.4 Å². The van der Waals surface area contributed by atoms with Gasteiger partial charge in [-0.3, -0.25) is 0 Å². The van der Waals surface area contributed by atoms with Crippen molar-refractivity contribution in [3.8, 4) is 5.75 Å². The van der Waals surface area contributed by atoms with Gasteiger partial charge in [-0.15, -0.1) is 0 Å². The van der Waals surface area contributed by atoms with E-state index in [4.69, 9.17) is 4.74 Å². The molecule has 0 unspecified atom stereocenters. The van der Waals surface area contributed by atoms with E-state index >= 15 is 0 Å². The maximum Gasteiger partial charge on any atom is 0.243 e. The molecule has 0 amide bonds. The van der Waals surface area contributed by atoms with E-state index in [1.165, 1.54) is 29.6 Å². The number of ether oxygens (including phenoxy) is 1. The van der Waals surface area contributed by atoms with Gasteiger partial charge in [-0.25, -0.2) is 16.8 Å². The highest BCUT2D eigenvalue weighted by Gasteiger charge is 2.24. The number of hydrogen-bond donors (Lipinski definition) is 0. The fourth-order valence-electron chi connectivity index (χ4n) is 2.69. The third-order valence-corrected chi connectivity index (χ3v) is 7.26. The Morgan fingerprint density at radius 3 is 2.07 bits per heavy atom. The van der Waals surface area contributed by atoms with Crippen molar-refractivity contribution in [2.75, 3.05) is 26.5 Å². The Kier molecular flexibility index (Phi) is 6.34. The van der Waals surface area contributed by atoms with E-state index in [-0.39, 0.29) is 22.9 Å². The van der Waals surface area contributed by atoms with Crippen molar-refractivity contribution in [3.63, 3.8) is 0 Å². The zero-order valence-electron chi connectivity index (χ0n) is 16.2. The number of hydrogen-bond acceptors (Lipinski definition) is 5. The quantitative estimate of drug-likeness (QED) is 0.700. The summed E-state index contributed by atoms with van der Waals surface area (Å²) in [5.74, 6) is 0.688. The molecule has 6 nitrogen and oxygen atoms in total. The van der Waals surface area contributed by atoms with Crippen molar-refractivity contribution in [1.82, 2.24) is 4.31 Å². The third-order valence-electron chi connectivity index (χ3n) is 4.15. The highest BCUT2D eigenvalue weighted by molar-refractivity contribution is 7.91. The Bertz CT molecular complexity index is 1020. The summed E-state index contributed by atoms with van der Waals surface area (Å²) in [4.78, 5) is -0.0362. The SMILES string of the molecule is Cc1cc(C)cc(OCCN(C)S(=O)(=O)c2cc(S(C)(=O)=O)ccc2C)c1. The number of rotatable bonds is 7. The largest absolute Gasteiger partial charge is 0.492 e. The van der Waals surface area contributed by atoms with E-state index in [0.717, 1.165) is 17.4 Å². The van der Waals surface area contributed by atoms with Crippen LogP contribution in [0.3, 0.4) is 0 Å². The molecule has 0 spiro atoms. The molecule has 0 aliphatic rings. The molecular weight excluding hydrogens is 386 g/mol. The zero-order chi connectivity index (χ0) is 20.4. The highest BCUT2D eigenvalue weighted by atomic mass is 32.2. The summed E-state index contributed by atoms with van der Waals surface area (Å²) in [5, 5.41) is 0. The molecule has 2 rings (SSSR count). The number of nitrogens with zero attached hydrogens (tertiary/aromatic N) is 1. The van der Waals surface area contributed by atoms with E-state index in [1.807, 2.05) is 32.0 Å². The van der Waals surface area contributed by atoms with Crippen LogP contribution in [0.5, 0.6) is 5.75 Å². The molecule has 2 aromatic rings. The van der Waals surface area contributed by atoms with Gasteiger partial charge in [0.2, 0.25) is 10.0 Å². The van der Waals surface area contributed by atoms with Crippen molar-refractivity contribution in [3.05, 3.63) is 53.1 Å². The minimum Gasteiger partial charge on any atom is -0.492 e. The summed E-state index contributed by atoms with van der Waals surface area (Å²) in [6, 6.07) is 9.93. The summed E-state index contributed by atoms with van der Waals surface area (Å²) in [7, 11) is -5.88. The molecule has 0 aliphatic carbocycles. The fraction of sp³-hybridized carbons (Fsp3) is 0.368. The zero-order valence-corrected chi connectivity index (χ0v) is 17.8. The Morgan fingerprint density at radius 1 is 0.926 bits per heavy atom. The van der Waals surface area contributed by atoms with E-state index in [9.17, 15) is 16.8 Å². The first kappa shape index (κ1) is 21.4. The smallest absolute Gasteiger partial charge is 0.243 e. The first-order valence-corrected chi connectivity index (χ1v) is 11.7. The summed E-state index contributed by atoms with van der Waals surface area (Å²) in [5.41, 5.74) is 2.63. The maximum absolute atomic E-state index is 12.9. The molecule has 0 heterocycles. The average Bonchev–Trinajstić information content (AvgIpc) is 2.52. The lowest BCUT2D eigenvalue weighted by Gasteiger charge is -2.19. The van der Waals surface area contributed by atoms with Crippen molar-refractivity contribution in [1.29, 1.82) is 0 Å². The van der Waals surface area contributed by atoms with Gasteiger partial charge in [-0.2, -0.15) is 4.31 Å². The van der Waals surface area contributed by atoms with Crippen LogP contribution in [0.1, 0.15) is 16.7 Å². The predicted octanol–water partition coefficient (Wildman–Crippen LogP) is 2.71. The number of sulfone groups is 1. The first-order valence-electron chi connectivity index (χ1n) is 8.39. The van der Waals surface area contributed by atoms with Crippen molar-refractivity contribution < 1.29 is 21.6 Å². The predicted molar refractivity (Wildman–Crippen MR) is 106 cm³/mol. The van der Waals surface area contributed by atoms with Crippen LogP contribution in [0.25, 0.3) is 0 Å². The fourth-order valence-corrected chi connectivity index (χ4v) is 4.81. The van der Waals surface area contributed by atoms with Crippen LogP contribution in [0.2, 0.25) is 0 Å². The van der Waals surface area contributed by atoms with Crippen LogP contribution < -0.4 is 4.74 Å². The molecule has 0 N–H and O–H groups in total. The molecular formula is C19H25NO5S2. The van der Waals surface area contributed by atoms with Gasteiger partial charge < -0.3 is 4.74 Å². The standard InChI is InChI=1S/C19H25NO5S2/c1-14-10-15(2)12-17(11-14)25-9-8-20(4)27(23,24)19-13-18(26(5,21)22)7-6-16(19)3/h6-7,10-13H,8-9H2,1-5H3. The number of benzene rings is 2. The molecule has 0 atom stereocenters. The second-order valence-corrected chi connectivity index (χ2v) is 10.7. The lowest BCUT2D eigenvalue weighted by atomic mass is 10.1. The summed E-state index contributed by atoms with van der Waals surface area (Å²) in [6.07, 6.45) is 1.05. The lowest BCUT2D eigenvalue weighted by Crippen LogP contribution is -2.31. The van der Waals surface area contributed by atoms with Crippen LogP contribution in [-0.2, 0) is 19.9 Å². The molecule has 0 aromatic heterocycles. The molecule has 0 fully saturated rings. The molecule has 0 saturated carbocycles. The van der Waals surface area contributed by atoms with Gasteiger partial charge in [0.25, 0.3) is 0 Å². The van der Waals surface area contributed by atoms with Gasteiger partial charge in [0.05, 0.1) is 9.79 Å². The minimum absolute atomic E-state index is 0.0145. The summed E-state index contributed by atoms with van der Waals surface area (Å²) >= 11 is 0. The van der Waals surface area contributed by atoms with Crippen molar-refractivity contribution in [2.24, 2.45) is 0 Å². The van der Waals surface area contributed by atoms with E-state index < -0.39 is 19.9 Å². The Hall–Kier alpha value is -1.90. The normalized spacial score (nSPS) is 12.4. The van der Waals surface area contributed by atoms with Gasteiger partial charge in [0.15, 0.2) is 9.84 Å². The second kappa shape index (κ2) is 8.00.